The summed E-state index contributed by atoms with van der Waals surface area (Å²) < 4.78 is 4.64. The van der Waals surface area contributed by atoms with Crippen molar-refractivity contribution in [3.8, 4) is 0 Å². The van der Waals surface area contributed by atoms with E-state index in [1.807, 2.05) is 0 Å². The summed E-state index contributed by atoms with van der Waals surface area (Å²) in [5, 5.41) is 6.25. The van der Waals surface area contributed by atoms with Gasteiger partial charge in [0.25, 0.3) is 0 Å². The zero-order valence-electron chi connectivity index (χ0n) is 5.21. The molecule has 0 amide bonds. The minimum absolute atomic E-state index is 0. The molecule has 1 N–H and O–H groups in total. The number of hydrogen-bond donors (Lipinski definition) is 1. The molecule has 1 heterocycles. The van der Waals surface area contributed by atoms with Gasteiger partial charge in [0.2, 0.25) is 0 Å². The average Bonchev–Trinajstić information content (AvgIpc) is 2.14. The molecule has 0 aromatic carbocycles. The van der Waals surface area contributed by atoms with Crippen molar-refractivity contribution in [2.45, 2.75) is 6.92 Å². The monoisotopic (exact) mass is 149 g/mol. The molecule has 0 aliphatic rings. The lowest BCUT2D eigenvalue weighted by molar-refractivity contribution is 0.427. The van der Waals surface area contributed by atoms with Gasteiger partial charge >= 0.3 is 6.01 Å². The van der Waals surface area contributed by atoms with Crippen LogP contribution < -0.4 is 5.32 Å². The van der Waals surface area contributed by atoms with E-state index in [1.54, 1.807) is 14.0 Å². The van der Waals surface area contributed by atoms with Crippen molar-refractivity contribution in [1.29, 1.82) is 0 Å². The second kappa shape index (κ2) is 3.29. The number of aryl methyl sites for hydroxylation is 1. The molecule has 0 fully saturated rings. The predicted octanol–water partition coefficient (Wildman–Crippen LogP) is 0.842. The van der Waals surface area contributed by atoms with E-state index in [1.165, 1.54) is 0 Å². The van der Waals surface area contributed by atoms with Crippen LogP contribution in [0, 0.1) is 6.92 Å². The number of nitrogens with zero attached hydrogens (tertiary/aromatic N) is 2. The van der Waals surface area contributed by atoms with Crippen molar-refractivity contribution in [1.82, 2.24) is 10.1 Å². The largest absolute Gasteiger partial charge is 0.341 e. The summed E-state index contributed by atoms with van der Waals surface area (Å²) in [6.45, 7) is 1.77. The zero-order chi connectivity index (χ0) is 5.98. The van der Waals surface area contributed by atoms with E-state index in [-0.39, 0.29) is 12.4 Å². The second-order valence-electron chi connectivity index (χ2n) is 1.40. The van der Waals surface area contributed by atoms with Crippen LogP contribution >= 0.6 is 12.4 Å². The molecular formula is C4H8ClN3O. The quantitative estimate of drug-likeness (QED) is 0.643. The SMILES string of the molecule is CNc1nc(C)no1.Cl. The number of rotatable bonds is 1. The molecule has 4 nitrogen and oxygen atoms in total. The summed E-state index contributed by atoms with van der Waals surface area (Å²) in [5.41, 5.74) is 0. The van der Waals surface area contributed by atoms with Gasteiger partial charge in [0, 0.05) is 7.05 Å². The van der Waals surface area contributed by atoms with Gasteiger partial charge in [-0.1, -0.05) is 5.16 Å². The van der Waals surface area contributed by atoms with E-state index in [9.17, 15) is 0 Å². The maximum atomic E-state index is 4.64. The Hall–Kier alpha value is -0.770. The van der Waals surface area contributed by atoms with E-state index in [0.29, 0.717) is 11.8 Å². The topological polar surface area (TPSA) is 51.0 Å². The van der Waals surface area contributed by atoms with Gasteiger partial charge in [-0.3, -0.25) is 0 Å². The van der Waals surface area contributed by atoms with Crippen LogP contribution in [0.25, 0.3) is 0 Å². The van der Waals surface area contributed by atoms with Gasteiger partial charge in [0.15, 0.2) is 5.82 Å². The van der Waals surface area contributed by atoms with Crippen molar-refractivity contribution < 1.29 is 4.52 Å². The average molecular weight is 150 g/mol. The smallest absolute Gasteiger partial charge is 0.321 e. The minimum atomic E-state index is 0. The Balaban J connectivity index is 0.000000640. The van der Waals surface area contributed by atoms with Gasteiger partial charge in [-0.05, 0) is 6.92 Å². The molecule has 0 aliphatic heterocycles. The first-order chi connectivity index (χ1) is 3.83. The fourth-order valence-corrected chi connectivity index (χ4v) is 0.399. The van der Waals surface area contributed by atoms with Crippen LogP contribution in [0.1, 0.15) is 5.82 Å². The maximum absolute atomic E-state index is 4.64. The number of aromatic nitrogens is 2. The van der Waals surface area contributed by atoms with Crippen LogP contribution in [0.2, 0.25) is 0 Å². The fraction of sp³-hybridized carbons (Fsp3) is 0.500. The summed E-state index contributed by atoms with van der Waals surface area (Å²) >= 11 is 0. The summed E-state index contributed by atoms with van der Waals surface area (Å²) in [5.74, 6) is 0.648. The number of anilines is 1. The zero-order valence-corrected chi connectivity index (χ0v) is 6.03. The summed E-state index contributed by atoms with van der Waals surface area (Å²) in [6.07, 6.45) is 0. The van der Waals surface area contributed by atoms with E-state index in [0.717, 1.165) is 0 Å². The molecule has 0 saturated carbocycles. The Kier molecular flexibility index (Phi) is 3.01. The van der Waals surface area contributed by atoms with E-state index < -0.39 is 0 Å². The lowest BCUT2D eigenvalue weighted by Crippen LogP contribution is -1.85. The van der Waals surface area contributed by atoms with Gasteiger partial charge < -0.3 is 9.84 Å². The standard InChI is InChI=1S/C4H7N3O.ClH/c1-3-6-4(5-2)8-7-3;/h1-2H3,(H,5,6,7);1H. The van der Waals surface area contributed by atoms with Crippen LogP contribution in [0.15, 0.2) is 4.52 Å². The third kappa shape index (κ3) is 1.89. The Labute approximate surface area is 59.0 Å². The lowest BCUT2D eigenvalue weighted by Gasteiger charge is -1.81. The highest BCUT2D eigenvalue weighted by Crippen LogP contribution is 1.98. The molecule has 0 bridgehead atoms. The van der Waals surface area contributed by atoms with Gasteiger partial charge in [-0.25, -0.2) is 0 Å². The van der Waals surface area contributed by atoms with Crippen LogP contribution in [0.3, 0.4) is 0 Å². The number of nitrogens with one attached hydrogen (secondary N) is 1. The van der Waals surface area contributed by atoms with Gasteiger partial charge in [0.05, 0.1) is 0 Å². The summed E-state index contributed by atoms with van der Waals surface area (Å²) in [7, 11) is 1.73. The molecule has 0 saturated heterocycles. The number of halogens is 1. The Morgan fingerprint density at radius 1 is 1.56 bits per heavy atom. The Bertz CT molecular complexity index is 176. The van der Waals surface area contributed by atoms with Crippen LogP contribution in [0.5, 0.6) is 0 Å². The Morgan fingerprint density at radius 3 is 2.44 bits per heavy atom. The van der Waals surface area contributed by atoms with Crippen LogP contribution in [0.4, 0.5) is 6.01 Å². The third-order valence-corrected chi connectivity index (χ3v) is 0.741. The molecule has 0 radical (unpaired) electrons. The normalized spacial score (nSPS) is 8.22. The molecule has 1 aromatic rings. The van der Waals surface area contributed by atoms with Gasteiger partial charge in [-0.2, -0.15) is 4.98 Å². The number of hydrogen-bond acceptors (Lipinski definition) is 4. The summed E-state index contributed by atoms with van der Waals surface area (Å²) in [4.78, 5) is 3.84. The molecule has 5 heteroatoms. The van der Waals surface area contributed by atoms with Gasteiger partial charge in [0.1, 0.15) is 0 Å². The highest BCUT2D eigenvalue weighted by molar-refractivity contribution is 5.85. The molecule has 0 spiro atoms. The molecule has 0 atom stereocenters. The second-order valence-corrected chi connectivity index (χ2v) is 1.40. The van der Waals surface area contributed by atoms with E-state index in [4.69, 9.17) is 0 Å². The lowest BCUT2D eigenvalue weighted by atomic mass is 10.7. The maximum Gasteiger partial charge on any atom is 0.321 e. The summed E-state index contributed by atoms with van der Waals surface area (Å²) in [6, 6.07) is 0.461. The molecule has 0 unspecified atom stereocenters. The van der Waals surface area contributed by atoms with E-state index >= 15 is 0 Å². The van der Waals surface area contributed by atoms with Crippen molar-refractivity contribution in [2.75, 3.05) is 12.4 Å². The molecule has 1 aromatic heterocycles. The van der Waals surface area contributed by atoms with Crippen LogP contribution in [-0.2, 0) is 0 Å². The molecule has 1 rings (SSSR count). The first-order valence-electron chi connectivity index (χ1n) is 2.31. The fourth-order valence-electron chi connectivity index (χ4n) is 0.399. The van der Waals surface area contributed by atoms with Crippen LogP contribution in [-0.4, -0.2) is 17.2 Å². The van der Waals surface area contributed by atoms with Crippen molar-refractivity contribution >= 4 is 18.4 Å². The highest BCUT2D eigenvalue weighted by Gasteiger charge is 1.94. The van der Waals surface area contributed by atoms with E-state index in [2.05, 4.69) is 20.0 Å². The minimum Gasteiger partial charge on any atom is -0.341 e. The van der Waals surface area contributed by atoms with Crippen molar-refractivity contribution in [3.63, 3.8) is 0 Å². The molecule has 52 valence electrons. The first-order valence-corrected chi connectivity index (χ1v) is 2.31. The predicted molar refractivity (Wildman–Crippen MR) is 35.8 cm³/mol. The Morgan fingerprint density at radius 2 is 2.22 bits per heavy atom. The molecule has 0 aliphatic carbocycles. The first kappa shape index (κ1) is 8.23. The molecular weight excluding hydrogens is 142 g/mol. The highest BCUT2D eigenvalue weighted by atomic mass is 35.5. The van der Waals surface area contributed by atoms with Crippen molar-refractivity contribution in [2.24, 2.45) is 0 Å². The van der Waals surface area contributed by atoms with Gasteiger partial charge in [-0.15, -0.1) is 12.4 Å². The van der Waals surface area contributed by atoms with Crippen molar-refractivity contribution in [3.05, 3.63) is 5.82 Å². The molecule has 9 heavy (non-hydrogen) atoms. The third-order valence-electron chi connectivity index (χ3n) is 0.741.